The van der Waals surface area contributed by atoms with E-state index in [4.69, 9.17) is 4.74 Å². The molecule has 0 aromatic heterocycles. The Hall–Kier alpha value is -2.15. The monoisotopic (exact) mass is 442 g/mol. The normalized spacial score (nSPS) is 19.9. The summed E-state index contributed by atoms with van der Waals surface area (Å²) in [6.07, 6.45) is -2.30. The molecule has 7 heteroatoms. The fraction of sp³-hybridized carbons (Fsp3) is 0.500. The highest BCUT2D eigenvalue weighted by atomic mass is 19.4. The Bertz CT molecular complexity index is 807. The third kappa shape index (κ3) is 6.92. The number of halogens is 5. The van der Waals surface area contributed by atoms with Gasteiger partial charge in [-0.25, -0.2) is 0 Å². The van der Waals surface area contributed by atoms with E-state index in [1.54, 1.807) is 12.1 Å². The van der Waals surface area contributed by atoms with Gasteiger partial charge >= 0.3 is 12.5 Å². The number of alkyl halides is 5. The lowest BCUT2D eigenvalue weighted by Crippen LogP contribution is -2.20. The van der Waals surface area contributed by atoms with E-state index in [-0.39, 0.29) is 24.3 Å². The highest BCUT2D eigenvalue weighted by Gasteiger charge is 2.33. The maximum atomic E-state index is 14.4. The highest BCUT2D eigenvalue weighted by molar-refractivity contribution is 5.28. The van der Waals surface area contributed by atoms with Crippen LogP contribution in [0.5, 0.6) is 5.75 Å². The lowest BCUT2D eigenvalue weighted by molar-refractivity contribution is -0.274. The molecule has 0 spiro atoms. The molecular weight excluding hydrogens is 415 g/mol. The van der Waals surface area contributed by atoms with Crippen molar-refractivity contribution in [1.82, 2.24) is 0 Å². The molecule has 0 aliphatic heterocycles. The van der Waals surface area contributed by atoms with Crippen LogP contribution in [0.15, 0.2) is 48.5 Å². The van der Waals surface area contributed by atoms with Gasteiger partial charge in [0.05, 0.1) is 12.2 Å². The predicted molar refractivity (Wildman–Crippen MR) is 108 cm³/mol. The zero-order valence-corrected chi connectivity index (χ0v) is 17.4. The lowest BCUT2D eigenvalue weighted by Gasteiger charge is -2.28. The van der Waals surface area contributed by atoms with Gasteiger partial charge < -0.3 is 9.47 Å². The van der Waals surface area contributed by atoms with Gasteiger partial charge in [-0.15, -0.1) is 13.2 Å². The number of hydrogen-bond donors (Lipinski definition) is 0. The molecule has 0 saturated heterocycles. The maximum Gasteiger partial charge on any atom is 0.573 e. The van der Waals surface area contributed by atoms with Crippen molar-refractivity contribution < 1.29 is 31.4 Å². The molecule has 0 amide bonds. The van der Waals surface area contributed by atoms with Crippen molar-refractivity contribution >= 4 is 0 Å². The molecular formula is C24H27F5O2. The Morgan fingerprint density at radius 1 is 0.839 bits per heavy atom. The Morgan fingerprint density at radius 3 is 2.00 bits per heavy atom. The summed E-state index contributed by atoms with van der Waals surface area (Å²) < 4.78 is 73.9. The summed E-state index contributed by atoms with van der Waals surface area (Å²) in [7, 11) is 0. The largest absolute Gasteiger partial charge is 0.573 e. The average Bonchev–Trinajstić information content (AvgIpc) is 2.74. The number of hydrogen-bond acceptors (Lipinski definition) is 2. The fourth-order valence-corrected chi connectivity index (χ4v) is 4.09. The third-order valence-corrected chi connectivity index (χ3v) is 5.97. The van der Waals surface area contributed by atoms with Crippen molar-refractivity contribution in [3.63, 3.8) is 0 Å². The van der Waals surface area contributed by atoms with Gasteiger partial charge in [0.1, 0.15) is 5.75 Å². The molecule has 2 aromatic carbocycles. The van der Waals surface area contributed by atoms with Crippen LogP contribution in [-0.2, 0) is 17.3 Å². The first kappa shape index (κ1) is 23.5. The van der Waals surface area contributed by atoms with E-state index in [0.717, 1.165) is 36.5 Å². The third-order valence-electron chi connectivity index (χ3n) is 5.97. The molecule has 1 saturated carbocycles. The van der Waals surface area contributed by atoms with Crippen molar-refractivity contribution in [1.29, 1.82) is 0 Å². The van der Waals surface area contributed by atoms with Crippen LogP contribution in [0.3, 0.4) is 0 Å². The molecule has 1 fully saturated rings. The van der Waals surface area contributed by atoms with Gasteiger partial charge in [0, 0.05) is 0 Å². The molecule has 31 heavy (non-hydrogen) atoms. The Labute approximate surface area is 179 Å². The first-order valence-electron chi connectivity index (χ1n) is 10.6. The Kier molecular flexibility index (Phi) is 7.57. The van der Waals surface area contributed by atoms with Crippen LogP contribution in [0, 0.1) is 5.92 Å². The van der Waals surface area contributed by atoms with E-state index in [1.807, 2.05) is 0 Å². The summed E-state index contributed by atoms with van der Waals surface area (Å²) in [6, 6.07) is 11.5. The van der Waals surface area contributed by atoms with Gasteiger partial charge in [-0.05, 0) is 67.2 Å². The molecule has 0 bridgehead atoms. The minimum Gasteiger partial charge on any atom is -0.406 e. The molecule has 0 N–H and O–H groups in total. The van der Waals surface area contributed by atoms with Crippen LogP contribution in [0.2, 0.25) is 0 Å². The van der Waals surface area contributed by atoms with Crippen molar-refractivity contribution in [3.05, 3.63) is 65.2 Å². The first-order chi connectivity index (χ1) is 14.7. The van der Waals surface area contributed by atoms with Gasteiger partial charge in [0.15, 0.2) is 0 Å². The molecule has 1 aliphatic carbocycles. The molecule has 1 aliphatic rings. The second kappa shape index (κ2) is 9.98. The van der Waals surface area contributed by atoms with E-state index in [9.17, 15) is 22.0 Å². The molecule has 0 atom stereocenters. The fourth-order valence-electron chi connectivity index (χ4n) is 4.09. The SMILES string of the molecule is CC[C@H]1CC[C@H](c2ccc(C(F)(F)OCCc3ccc(OC(F)(F)F)cc3)cc2)CC1. The van der Waals surface area contributed by atoms with Gasteiger partial charge in [-0.2, -0.15) is 8.78 Å². The van der Waals surface area contributed by atoms with E-state index >= 15 is 0 Å². The second-order valence-corrected chi connectivity index (χ2v) is 8.05. The molecule has 3 rings (SSSR count). The zero-order valence-electron chi connectivity index (χ0n) is 17.4. The van der Waals surface area contributed by atoms with Gasteiger partial charge in [0.2, 0.25) is 0 Å². The number of rotatable bonds is 8. The van der Waals surface area contributed by atoms with Crippen LogP contribution in [0.25, 0.3) is 0 Å². The summed E-state index contributed by atoms with van der Waals surface area (Å²) in [4.78, 5) is 0. The zero-order chi connectivity index (χ0) is 22.5. The summed E-state index contributed by atoms with van der Waals surface area (Å²) in [5.74, 6) is 0.850. The minimum atomic E-state index is -4.77. The van der Waals surface area contributed by atoms with E-state index < -0.39 is 12.5 Å². The van der Waals surface area contributed by atoms with Crippen LogP contribution < -0.4 is 4.74 Å². The van der Waals surface area contributed by atoms with Gasteiger partial charge in [0.25, 0.3) is 0 Å². The molecule has 170 valence electrons. The summed E-state index contributed by atoms with van der Waals surface area (Å²) >= 11 is 0. The maximum absolute atomic E-state index is 14.4. The summed E-state index contributed by atoms with van der Waals surface area (Å²) in [6.45, 7) is 1.94. The first-order valence-corrected chi connectivity index (χ1v) is 10.6. The Morgan fingerprint density at radius 2 is 1.45 bits per heavy atom. The second-order valence-electron chi connectivity index (χ2n) is 8.05. The summed E-state index contributed by atoms with van der Waals surface area (Å²) in [5, 5.41) is 0. The van der Waals surface area contributed by atoms with Crippen LogP contribution in [-0.4, -0.2) is 13.0 Å². The van der Waals surface area contributed by atoms with Crippen LogP contribution in [0.4, 0.5) is 22.0 Å². The number of benzene rings is 2. The van der Waals surface area contributed by atoms with Crippen molar-refractivity contribution in [2.75, 3.05) is 6.61 Å². The standard InChI is InChI=1S/C24H27F5O2/c1-2-17-3-7-19(8-4-17)20-9-11-21(12-10-20)23(25,26)30-16-15-18-5-13-22(14-6-18)31-24(27,28)29/h5-6,9-14,17,19H,2-4,7-8,15-16H2,1H3/t17-,19-. The predicted octanol–water partition coefficient (Wildman–Crippen LogP) is 7.58. The molecule has 0 unspecified atom stereocenters. The molecule has 2 aromatic rings. The van der Waals surface area contributed by atoms with Crippen molar-refractivity contribution in [2.24, 2.45) is 5.92 Å². The van der Waals surface area contributed by atoms with E-state index in [1.165, 1.54) is 43.5 Å². The van der Waals surface area contributed by atoms with Gasteiger partial charge in [-0.3, -0.25) is 0 Å². The van der Waals surface area contributed by atoms with Crippen molar-refractivity contribution in [3.8, 4) is 5.75 Å². The molecule has 0 heterocycles. The quantitative estimate of drug-likeness (QED) is 0.392. The summed E-state index contributed by atoms with van der Waals surface area (Å²) in [5.41, 5.74) is 1.46. The minimum absolute atomic E-state index is 0.140. The molecule has 2 nitrogen and oxygen atoms in total. The molecule has 0 radical (unpaired) electrons. The number of ether oxygens (including phenoxy) is 2. The Balaban J connectivity index is 1.50. The van der Waals surface area contributed by atoms with Crippen molar-refractivity contribution in [2.45, 2.75) is 63.8 Å². The van der Waals surface area contributed by atoms with E-state index in [2.05, 4.69) is 11.7 Å². The van der Waals surface area contributed by atoms with Crippen LogP contribution >= 0.6 is 0 Å². The average molecular weight is 442 g/mol. The lowest BCUT2D eigenvalue weighted by atomic mass is 9.78. The highest BCUT2D eigenvalue weighted by Crippen LogP contribution is 2.38. The van der Waals surface area contributed by atoms with Gasteiger partial charge in [-0.1, -0.05) is 49.7 Å². The van der Waals surface area contributed by atoms with E-state index in [0.29, 0.717) is 11.5 Å². The smallest absolute Gasteiger partial charge is 0.406 e. The topological polar surface area (TPSA) is 18.5 Å². The van der Waals surface area contributed by atoms with Crippen LogP contribution in [0.1, 0.15) is 61.6 Å².